The smallest absolute Gasteiger partial charge is 0.326 e. The van der Waals surface area contributed by atoms with E-state index in [4.69, 9.17) is 16.6 Å². The highest BCUT2D eigenvalue weighted by molar-refractivity contribution is 5.94. The average molecular weight is 494 g/mol. The number of carboxylic acids is 1. The zero-order valence-electron chi connectivity index (χ0n) is 20.4. The normalized spacial score (nSPS) is 15.2. The minimum absolute atomic E-state index is 0.0793. The average Bonchev–Trinajstić information content (AvgIpc) is 2.85. The minimum Gasteiger partial charge on any atom is -0.480 e. The lowest BCUT2D eigenvalue weighted by atomic mass is 9.97. The number of benzene rings is 1. The molecule has 0 aliphatic carbocycles. The Morgan fingerprint density at radius 2 is 1.57 bits per heavy atom. The summed E-state index contributed by atoms with van der Waals surface area (Å²) in [6.07, 6.45) is 2.01. The molecule has 0 radical (unpaired) electrons. The van der Waals surface area contributed by atoms with Gasteiger partial charge in [-0.3, -0.25) is 14.4 Å². The van der Waals surface area contributed by atoms with Crippen LogP contribution in [-0.2, 0) is 25.6 Å². The van der Waals surface area contributed by atoms with Crippen molar-refractivity contribution in [2.45, 2.75) is 70.1 Å². The van der Waals surface area contributed by atoms with Gasteiger partial charge in [-0.15, -0.1) is 0 Å². The molecule has 11 nitrogen and oxygen atoms in total. The van der Waals surface area contributed by atoms with E-state index in [0.29, 0.717) is 25.8 Å². The first-order valence-corrected chi connectivity index (χ1v) is 11.9. The van der Waals surface area contributed by atoms with Crippen molar-refractivity contribution in [3.8, 4) is 0 Å². The molecule has 0 heterocycles. The molecule has 0 aliphatic heterocycles. The lowest BCUT2D eigenvalue weighted by Crippen LogP contribution is -2.59. The van der Waals surface area contributed by atoms with Crippen molar-refractivity contribution in [3.63, 3.8) is 0 Å². The summed E-state index contributed by atoms with van der Waals surface area (Å²) < 4.78 is 0. The second-order valence-corrected chi connectivity index (χ2v) is 8.60. The monoisotopic (exact) mass is 493 g/mol. The summed E-state index contributed by atoms with van der Waals surface area (Å²) in [6, 6.07) is 4.49. The van der Waals surface area contributed by atoms with Crippen molar-refractivity contribution < 1.29 is 29.4 Å². The molecule has 0 aromatic heterocycles. The number of nitrogens with two attached hydrogens (primary N) is 2. The van der Waals surface area contributed by atoms with E-state index >= 15 is 0 Å². The van der Waals surface area contributed by atoms with Gasteiger partial charge in [0.2, 0.25) is 17.7 Å². The van der Waals surface area contributed by atoms with Gasteiger partial charge in [0.05, 0.1) is 6.61 Å². The van der Waals surface area contributed by atoms with Crippen LogP contribution in [0.1, 0.15) is 45.1 Å². The first-order chi connectivity index (χ1) is 16.6. The highest BCUT2D eigenvalue weighted by atomic mass is 16.4. The molecule has 5 atom stereocenters. The summed E-state index contributed by atoms with van der Waals surface area (Å²) in [5, 5.41) is 26.5. The molecule has 0 saturated heterocycles. The number of aliphatic hydroxyl groups excluding tert-OH is 1. The lowest BCUT2D eigenvalue weighted by Gasteiger charge is -2.28. The predicted octanol–water partition coefficient (Wildman–Crippen LogP) is -0.737. The van der Waals surface area contributed by atoms with Gasteiger partial charge in [0.15, 0.2) is 0 Å². The molecule has 196 valence electrons. The highest BCUT2D eigenvalue weighted by Crippen LogP contribution is 2.11. The van der Waals surface area contributed by atoms with E-state index in [1.807, 2.05) is 6.92 Å². The van der Waals surface area contributed by atoms with E-state index < -0.39 is 54.5 Å². The van der Waals surface area contributed by atoms with E-state index in [1.165, 1.54) is 0 Å². The minimum atomic E-state index is -1.20. The van der Waals surface area contributed by atoms with Crippen LogP contribution in [0.15, 0.2) is 30.3 Å². The van der Waals surface area contributed by atoms with Gasteiger partial charge >= 0.3 is 5.97 Å². The largest absolute Gasteiger partial charge is 0.480 e. The number of rotatable bonds is 16. The van der Waals surface area contributed by atoms with Gasteiger partial charge in [-0.05, 0) is 37.3 Å². The van der Waals surface area contributed by atoms with Crippen molar-refractivity contribution in [2.24, 2.45) is 17.4 Å². The number of amides is 3. The molecule has 0 aliphatic rings. The Balaban J connectivity index is 3.02. The van der Waals surface area contributed by atoms with Gasteiger partial charge in [-0.2, -0.15) is 0 Å². The Kier molecular flexibility index (Phi) is 13.5. The molecular weight excluding hydrogens is 454 g/mol. The summed E-state index contributed by atoms with van der Waals surface area (Å²) in [6.45, 7) is 3.43. The van der Waals surface area contributed by atoms with E-state index in [-0.39, 0.29) is 18.8 Å². The first-order valence-electron chi connectivity index (χ1n) is 11.9. The SMILES string of the molecule is CCC(C)C(NC(=O)C(N)CO)C(=O)NC(CCCCN)C(=O)NC(Cc1ccccc1)C(=O)O. The van der Waals surface area contributed by atoms with E-state index in [1.54, 1.807) is 37.3 Å². The fourth-order valence-electron chi connectivity index (χ4n) is 3.39. The molecular formula is C24H39N5O6. The fourth-order valence-corrected chi connectivity index (χ4v) is 3.39. The van der Waals surface area contributed by atoms with Crippen molar-refractivity contribution in [3.05, 3.63) is 35.9 Å². The molecule has 0 saturated carbocycles. The Bertz CT molecular complexity index is 822. The lowest BCUT2D eigenvalue weighted by molar-refractivity contribution is -0.142. The van der Waals surface area contributed by atoms with E-state index in [0.717, 1.165) is 5.56 Å². The van der Waals surface area contributed by atoms with Gasteiger partial charge in [0, 0.05) is 6.42 Å². The number of carboxylic acid groups (broad SMARTS) is 1. The van der Waals surface area contributed by atoms with Crippen LogP contribution >= 0.6 is 0 Å². The summed E-state index contributed by atoms with van der Waals surface area (Å²) in [5.74, 6) is -3.41. The second-order valence-electron chi connectivity index (χ2n) is 8.60. The van der Waals surface area contributed by atoms with Crippen molar-refractivity contribution in [2.75, 3.05) is 13.2 Å². The summed E-state index contributed by atoms with van der Waals surface area (Å²) >= 11 is 0. The first kappa shape index (κ1) is 30.0. The quantitative estimate of drug-likeness (QED) is 0.146. The number of unbranched alkanes of at least 4 members (excludes halogenated alkanes) is 1. The van der Waals surface area contributed by atoms with Gasteiger partial charge in [-0.1, -0.05) is 50.6 Å². The molecule has 3 amide bonds. The van der Waals surface area contributed by atoms with Gasteiger partial charge in [-0.25, -0.2) is 4.79 Å². The predicted molar refractivity (Wildman–Crippen MR) is 131 cm³/mol. The van der Waals surface area contributed by atoms with Crippen LogP contribution in [-0.4, -0.2) is 71.2 Å². The standard InChI is InChI=1S/C24H39N5O6/c1-3-15(2)20(29-21(31)17(26)14-30)23(33)27-18(11-7-8-12-25)22(32)28-19(24(34)35)13-16-9-5-4-6-10-16/h4-6,9-10,15,17-20,30H,3,7-8,11-14,25-26H2,1-2H3,(H,27,33)(H,28,32)(H,29,31)(H,34,35). The maximum absolute atomic E-state index is 13.1. The molecule has 9 N–H and O–H groups in total. The second kappa shape index (κ2) is 15.8. The van der Waals surface area contributed by atoms with Crippen LogP contribution in [0.2, 0.25) is 0 Å². The molecule has 1 aromatic carbocycles. The number of nitrogens with one attached hydrogen (secondary N) is 3. The van der Waals surface area contributed by atoms with Gasteiger partial charge < -0.3 is 37.6 Å². The van der Waals surface area contributed by atoms with Gasteiger partial charge in [0.25, 0.3) is 0 Å². The number of carbonyl (C=O) groups is 4. The zero-order valence-corrected chi connectivity index (χ0v) is 20.4. The Morgan fingerprint density at radius 3 is 2.11 bits per heavy atom. The highest BCUT2D eigenvalue weighted by Gasteiger charge is 2.32. The topological polar surface area (TPSA) is 197 Å². The molecule has 11 heteroatoms. The van der Waals surface area contributed by atoms with Crippen LogP contribution in [0.25, 0.3) is 0 Å². The Hall–Kier alpha value is -3.02. The molecule has 0 spiro atoms. The maximum atomic E-state index is 13.1. The Labute approximate surface area is 206 Å². The van der Waals surface area contributed by atoms with Crippen molar-refractivity contribution in [1.82, 2.24) is 16.0 Å². The van der Waals surface area contributed by atoms with Crippen LogP contribution in [0.3, 0.4) is 0 Å². The number of hydrogen-bond acceptors (Lipinski definition) is 7. The van der Waals surface area contributed by atoms with Crippen LogP contribution in [0, 0.1) is 5.92 Å². The Morgan fingerprint density at radius 1 is 0.943 bits per heavy atom. The van der Waals surface area contributed by atoms with Crippen LogP contribution in [0.5, 0.6) is 0 Å². The maximum Gasteiger partial charge on any atom is 0.326 e. The fraction of sp³-hybridized carbons (Fsp3) is 0.583. The third kappa shape index (κ3) is 10.4. The summed E-state index contributed by atoms with van der Waals surface area (Å²) in [7, 11) is 0. The molecule has 0 fully saturated rings. The van der Waals surface area contributed by atoms with Crippen molar-refractivity contribution >= 4 is 23.7 Å². The third-order valence-corrected chi connectivity index (χ3v) is 5.80. The molecule has 0 bridgehead atoms. The van der Waals surface area contributed by atoms with Crippen LogP contribution < -0.4 is 27.4 Å². The molecule has 1 rings (SSSR count). The number of aliphatic carboxylic acids is 1. The summed E-state index contributed by atoms with van der Waals surface area (Å²) in [4.78, 5) is 50.1. The van der Waals surface area contributed by atoms with Gasteiger partial charge in [0.1, 0.15) is 24.2 Å². The van der Waals surface area contributed by atoms with E-state index in [2.05, 4.69) is 16.0 Å². The molecule has 5 unspecified atom stereocenters. The number of aliphatic hydroxyl groups is 1. The number of carbonyl (C=O) groups excluding carboxylic acids is 3. The molecule has 35 heavy (non-hydrogen) atoms. The molecule has 1 aromatic rings. The van der Waals surface area contributed by atoms with Crippen molar-refractivity contribution in [1.29, 1.82) is 0 Å². The van der Waals surface area contributed by atoms with E-state index in [9.17, 15) is 24.3 Å². The number of hydrogen-bond donors (Lipinski definition) is 7. The third-order valence-electron chi connectivity index (χ3n) is 5.80. The zero-order chi connectivity index (χ0) is 26.4. The van der Waals surface area contributed by atoms with Crippen LogP contribution in [0.4, 0.5) is 0 Å². The summed E-state index contributed by atoms with van der Waals surface area (Å²) in [5.41, 5.74) is 11.9.